The first kappa shape index (κ1) is 13.7. The van der Waals surface area contributed by atoms with Crippen molar-refractivity contribution in [3.63, 3.8) is 0 Å². The molecule has 3 heterocycles. The number of hydrogen-bond donors (Lipinski definition) is 0. The molecule has 5 heteroatoms. The van der Waals surface area contributed by atoms with Crippen molar-refractivity contribution in [3.8, 4) is 11.1 Å². The van der Waals surface area contributed by atoms with Gasteiger partial charge in [-0.05, 0) is 12.5 Å². The number of ether oxygens (including phenoxy) is 1. The lowest BCUT2D eigenvalue weighted by Crippen LogP contribution is -2.36. The Hall–Kier alpha value is -1.98. The zero-order chi connectivity index (χ0) is 14.9. The quantitative estimate of drug-likeness (QED) is 0.726. The smallest absolute Gasteiger partial charge is 0.150 e. The summed E-state index contributed by atoms with van der Waals surface area (Å²) >= 11 is 1.73. The van der Waals surface area contributed by atoms with Crippen molar-refractivity contribution in [3.05, 3.63) is 41.5 Å². The molecule has 0 aliphatic carbocycles. The minimum atomic E-state index is 0.765. The molecule has 0 atom stereocenters. The number of rotatable bonds is 2. The summed E-state index contributed by atoms with van der Waals surface area (Å²) in [5, 5.41) is 2.19. The van der Waals surface area contributed by atoms with E-state index in [1.807, 2.05) is 13.0 Å². The number of morpholine rings is 1. The molecule has 0 radical (unpaired) electrons. The van der Waals surface area contributed by atoms with Crippen LogP contribution in [0.25, 0.3) is 21.3 Å². The van der Waals surface area contributed by atoms with Crippen molar-refractivity contribution in [1.29, 1.82) is 0 Å². The molecule has 3 aromatic rings. The summed E-state index contributed by atoms with van der Waals surface area (Å²) in [7, 11) is 0. The Morgan fingerprint density at radius 1 is 1.09 bits per heavy atom. The largest absolute Gasteiger partial charge is 0.378 e. The average molecular weight is 311 g/mol. The number of aryl methyl sites for hydroxylation is 1. The molecule has 0 bridgehead atoms. The van der Waals surface area contributed by atoms with Gasteiger partial charge >= 0.3 is 0 Å². The Morgan fingerprint density at radius 2 is 1.86 bits per heavy atom. The van der Waals surface area contributed by atoms with Crippen LogP contribution in [0, 0.1) is 6.92 Å². The van der Waals surface area contributed by atoms with Crippen molar-refractivity contribution in [2.75, 3.05) is 31.2 Å². The summed E-state index contributed by atoms with van der Waals surface area (Å²) in [5.41, 5.74) is 3.46. The minimum absolute atomic E-state index is 0.765. The summed E-state index contributed by atoms with van der Waals surface area (Å²) in [6, 6.07) is 10.4. The van der Waals surface area contributed by atoms with Gasteiger partial charge in [0.15, 0.2) is 5.82 Å². The van der Waals surface area contributed by atoms with Crippen LogP contribution in [0.3, 0.4) is 0 Å². The lowest BCUT2D eigenvalue weighted by Gasteiger charge is -2.28. The van der Waals surface area contributed by atoms with Gasteiger partial charge in [0.25, 0.3) is 0 Å². The third kappa shape index (κ3) is 2.36. The highest BCUT2D eigenvalue weighted by molar-refractivity contribution is 7.18. The van der Waals surface area contributed by atoms with E-state index < -0.39 is 0 Å². The number of nitrogens with zero attached hydrogens (tertiary/aromatic N) is 3. The standard InChI is InChI=1S/C17H17N3OS/c1-12-18-15-14(13-5-3-2-4-6-13)11-22-16(15)17(19-12)20-7-9-21-10-8-20/h2-6,11H,7-10H2,1H3. The molecule has 1 saturated heterocycles. The van der Waals surface area contributed by atoms with Crippen molar-refractivity contribution < 1.29 is 4.74 Å². The van der Waals surface area contributed by atoms with Crippen molar-refractivity contribution in [1.82, 2.24) is 9.97 Å². The van der Waals surface area contributed by atoms with Crippen LogP contribution in [-0.2, 0) is 4.74 Å². The van der Waals surface area contributed by atoms with Crippen molar-refractivity contribution >= 4 is 27.4 Å². The maximum Gasteiger partial charge on any atom is 0.150 e. The first-order valence-electron chi connectivity index (χ1n) is 7.47. The third-order valence-electron chi connectivity index (χ3n) is 3.90. The van der Waals surface area contributed by atoms with Crippen LogP contribution in [-0.4, -0.2) is 36.3 Å². The molecule has 4 rings (SSSR count). The van der Waals surface area contributed by atoms with Gasteiger partial charge in [-0.1, -0.05) is 30.3 Å². The van der Waals surface area contributed by atoms with Gasteiger partial charge in [-0.2, -0.15) is 0 Å². The van der Waals surface area contributed by atoms with E-state index in [-0.39, 0.29) is 0 Å². The zero-order valence-corrected chi connectivity index (χ0v) is 13.3. The number of benzene rings is 1. The van der Waals surface area contributed by atoms with Crippen molar-refractivity contribution in [2.24, 2.45) is 0 Å². The van der Waals surface area contributed by atoms with Crippen LogP contribution >= 0.6 is 11.3 Å². The Balaban J connectivity index is 1.87. The first-order valence-corrected chi connectivity index (χ1v) is 8.35. The van der Waals surface area contributed by atoms with E-state index in [1.165, 1.54) is 15.8 Å². The molecule has 1 aromatic carbocycles. The molecule has 0 amide bonds. The van der Waals surface area contributed by atoms with E-state index in [0.29, 0.717) is 0 Å². The summed E-state index contributed by atoms with van der Waals surface area (Å²) in [5.74, 6) is 1.88. The second kappa shape index (κ2) is 5.66. The van der Waals surface area contributed by atoms with Gasteiger partial charge in [-0.15, -0.1) is 11.3 Å². The molecule has 1 fully saturated rings. The number of hydrogen-bond acceptors (Lipinski definition) is 5. The van der Waals surface area contributed by atoms with E-state index in [4.69, 9.17) is 14.7 Å². The highest BCUT2D eigenvalue weighted by Gasteiger charge is 2.19. The second-order valence-electron chi connectivity index (χ2n) is 5.39. The normalized spacial score (nSPS) is 15.4. The topological polar surface area (TPSA) is 38.2 Å². The van der Waals surface area contributed by atoms with Crippen LogP contribution < -0.4 is 4.90 Å². The van der Waals surface area contributed by atoms with Gasteiger partial charge in [0.2, 0.25) is 0 Å². The summed E-state index contributed by atoms with van der Waals surface area (Å²) < 4.78 is 6.63. The van der Waals surface area contributed by atoms with E-state index in [1.54, 1.807) is 11.3 Å². The Bertz CT molecular complexity index is 794. The molecule has 1 aliphatic rings. The first-order chi connectivity index (χ1) is 10.8. The number of fused-ring (bicyclic) bond motifs is 1. The fourth-order valence-corrected chi connectivity index (χ4v) is 3.85. The molecule has 112 valence electrons. The van der Waals surface area contributed by atoms with Gasteiger partial charge in [0, 0.05) is 24.0 Å². The molecule has 0 spiro atoms. The third-order valence-corrected chi connectivity index (χ3v) is 4.87. The summed E-state index contributed by atoms with van der Waals surface area (Å²) in [6.07, 6.45) is 0. The molecule has 0 unspecified atom stereocenters. The maximum atomic E-state index is 5.46. The van der Waals surface area contributed by atoms with Crippen LogP contribution in [0.15, 0.2) is 35.7 Å². The Kier molecular flexibility index (Phi) is 3.52. The van der Waals surface area contributed by atoms with E-state index >= 15 is 0 Å². The lowest BCUT2D eigenvalue weighted by molar-refractivity contribution is 0.122. The molecule has 4 nitrogen and oxygen atoms in total. The van der Waals surface area contributed by atoms with Gasteiger partial charge in [0.1, 0.15) is 5.82 Å². The van der Waals surface area contributed by atoms with Gasteiger partial charge in [-0.3, -0.25) is 0 Å². The monoisotopic (exact) mass is 311 g/mol. The van der Waals surface area contributed by atoms with Crippen LogP contribution in [0.5, 0.6) is 0 Å². The SMILES string of the molecule is Cc1nc(N2CCOCC2)c2scc(-c3ccccc3)c2n1. The predicted molar refractivity (Wildman–Crippen MR) is 90.6 cm³/mol. The van der Waals surface area contributed by atoms with Crippen LogP contribution in [0.1, 0.15) is 5.82 Å². The lowest BCUT2D eigenvalue weighted by atomic mass is 10.1. The van der Waals surface area contributed by atoms with Gasteiger partial charge in [0.05, 0.1) is 23.4 Å². The van der Waals surface area contributed by atoms with Gasteiger partial charge < -0.3 is 9.64 Å². The van der Waals surface area contributed by atoms with E-state index in [9.17, 15) is 0 Å². The number of thiophene rings is 1. The number of aromatic nitrogens is 2. The minimum Gasteiger partial charge on any atom is -0.378 e. The predicted octanol–water partition coefficient (Wildman–Crippen LogP) is 3.50. The Morgan fingerprint density at radius 3 is 2.64 bits per heavy atom. The highest BCUT2D eigenvalue weighted by Crippen LogP contribution is 2.37. The van der Waals surface area contributed by atoms with E-state index in [2.05, 4.69) is 34.5 Å². The summed E-state index contributed by atoms with van der Waals surface area (Å²) in [4.78, 5) is 11.7. The molecule has 22 heavy (non-hydrogen) atoms. The Labute approximate surface area is 133 Å². The average Bonchev–Trinajstić information content (AvgIpc) is 2.99. The molecule has 1 aliphatic heterocycles. The van der Waals surface area contributed by atoms with Crippen molar-refractivity contribution in [2.45, 2.75) is 6.92 Å². The second-order valence-corrected chi connectivity index (χ2v) is 6.27. The van der Waals surface area contributed by atoms with Crippen LogP contribution in [0.2, 0.25) is 0 Å². The highest BCUT2D eigenvalue weighted by atomic mass is 32.1. The molecular weight excluding hydrogens is 294 g/mol. The summed E-state index contributed by atoms with van der Waals surface area (Å²) in [6.45, 7) is 5.28. The maximum absolute atomic E-state index is 5.46. The van der Waals surface area contributed by atoms with E-state index in [0.717, 1.165) is 43.5 Å². The van der Waals surface area contributed by atoms with Crippen LogP contribution in [0.4, 0.5) is 5.82 Å². The molecule has 0 saturated carbocycles. The fraction of sp³-hybridized carbons (Fsp3) is 0.294. The molecule has 2 aromatic heterocycles. The number of anilines is 1. The molecular formula is C17H17N3OS. The molecule has 0 N–H and O–H groups in total. The fourth-order valence-electron chi connectivity index (χ4n) is 2.82. The van der Waals surface area contributed by atoms with Gasteiger partial charge in [-0.25, -0.2) is 9.97 Å². The zero-order valence-electron chi connectivity index (χ0n) is 12.5.